The van der Waals surface area contributed by atoms with Gasteiger partial charge in [-0.2, -0.15) is 0 Å². The third-order valence-corrected chi connectivity index (χ3v) is 4.87. The lowest BCUT2D eigenvalue weighted by Gasteiger charge is -2.16. The summed E-state index contributed by atoms with van der Waals surface area (Å²) >= 11 is 0. The molecule has 0 fully saturated rings. The van der Waals surface area contributed by atoms with Crippen molar-refractivity contribution in [3.05, 3.63) is 83.4 Å². The molecule has 6 nitrogen and oxygen atoms in total. The van der Waals surface area contributed by atoms with Crippen molar-refractivity contribution in [1.82, 2.24) is 0 Å². The Kier molecular flexibility index (Phi) is 6.92. The van der Waals surface area contributed by atoms with Gasteiger partial charge in [-0.3, -0.25) is 4.79 Å². The molecule has 31 heavy (non-hydrogen) atoms. The molecule has 0 spiro atoms. The fraction of sp³-hybridized carbons (Fsp3) is 0.200. The first-order chi connectivity index (χ1) is 14.9. The van der Waals surface area contributed by atoms with Crippen LogP contribution in [0.15, 0.2) is 66.7 Å². The fourth-order valence-electron chi connectivity index (χ4n) is 2.93. The van der Waals surface area contributed by atoms with Gasteiger partial charge in [0, 0.05) is 5.69 Å². The van der Waals surface area contributed by atoms with Crippen LogP contribution < -0.4 is 19.5 Å². The second-order valence-corrected chi connectivity index (χ2v) is 7.06. The largest absolute Gasteiger partial charge is 0.496 e. The molecule has 0 aliphatic heterocycles. The average Bonchev–Trinajstić information content (AvgIpc) is 2.78. The van der Waals surface area contributed by atoms with Gasteiger partial charge in [-0.25, -0.2) is 4.79 Å². The van der Waals surface area contributed by atoms with Crippen molar-refractivity contribution in [1.29, 1.82) is 0 Å². The van der Waals surface area contributed by atoms with Crippen LogP contribution in [-0.2, 0) is 4.79 Å². The second-order valence-electron chi connectivity index (χ2n) is 7.06. The molecular weight excluding hydrogens is 394 g/mol. The van der Waals surface area contributed by atoms with Crippen LogP contribution in [-0.4, -0.2) is 25.1 Å². The van der Waals surface area contributed by atoms with Crippen molar-refractivity contribution in [2.24, 2.45) is 0 Å². The lowest BCUT2D eigenvalue weighted by molar-refractivity contribution is -0.141. The highest BCUT2D eigenvalue weighted by Crippen LogP contribution is 2.23. The molecule has 160 valence electrons. The van der Waals surface area contributed by atoms with Gasteiger partial charge in [0.1, 0.15) is 17.2 Å². The van der Waals surface area contributed by atoms with Crippen molar-refractivity contribution in [2.45, 2.75) is 26.9 Å². The molecule has 0 bridgehead atoms. The Bertz CT molecular complexity index is 1080. The number of benzene rings is 3. The number of rotatable bonds is 7. The number of carbonyl (C=O) groups excluding carboxylic acids is 2. The lowest BCUT2D eigenvalue weighted by Crippen LogP contribution is -2.28. The molecular formula is C25H25NO5. The van der Waals surface area contributed by atoms with Gasteiger partial charge >= 0.3 is 5.97 Å². The number of methoxy groups -OCH3 is 1. The quantitative estimate of drug-likeness (QED) is 0.434. The normalized spacial score (nSPS) is 11.4. The Morgan fingerprint density at radius 3 is 2.26 bits per heavy atom. The number of esters is 1. The molecule has 3 rings (SSSR count). The third-order valence-electron chi connectivity index (χ3n) is 4.87. The standard InChI is InChI=1S/C25H25NO5/c1-16-8-7-11-22(17(16)2)30-18(3)25(28)31-20-14-12-19(13-15-20)26-24(27)21-9-5-6-10-23(21)29-4/h5-15,18H,1-4H3,(H,26,27). The van der Waals surface area contributed by atoms with E-state index < -0.39 is 12.1 Å². The van der Waals surface area contributed by atoms with E-state index in [0.717, 1.165) is 11.1 Å². The van der Waals surface area contributed by atoms with E-state index in [1.807, 2.05) is 32.0 Å². The third kappa shape index (κ3) is 5.42. The number of anilines is 1. The second kappa shape index (κ2) is 9.80. The predicted octanol–water partition coefficient (Wildman–Crippen LogP) is 4.94. The lowest BCUT2D eigenvalue weighted by atomic mass is 10.1. The predicted molar refractivity (Wildman–Crippen MR) is 119 cm³/mol. The summed E-state index contributed by atoms with van der Waals surface area (Å²) in [4.78, 5) is 24.9. The molecule has 6 heteroatoms. The van der Waals surface area contributed by atoms with E-state index in [2.05, 4.69) is 5.32 Å². The van der Waals surface area contributed by atoms with Crippen LogP contribution >= 0.6 is 0 Å². The number of para-hydroxylation sites is 1. The molecule has 1 unspecified atom stereocenters. The molecule has 0 heterocycles. The Morgan fingerprint density at radius 1 is 0.871 bits per heavy atom. The fourth-order valence-corrected chi connectivity index (χ4v) is 2.93. The van der Waals surface area contributed by atoms with Crippen molar-refractivity contribution < 1.29 is 23.8 Å². The molecule has 0 saturated carbocycles. The van der Waals surface area contributed by atoms with Crippen LogP contribution in [0.2, 0.25) is 0 Å². The summed E-state index contributed by atoms with van der Waals surface area (Å²) in [6.45, 7) is 5.58. The molecule has 1 atom stereocenters. The summed E-state index contributed by atoms with van der Waals surface area (Å²) in [5.74, 6) is 0.698. The maximum atomic E-state index is 12.5. The minimum atomic E-state index is -0.773. The van der Waals surface area contributed by atoms with Crippen molar-refractivity contribution in [3.8, 4) is 17.2 Å². The van der Waals surface area contributed by atoms with E-state index in [0.29, 0.717) is 28.5 Å². The monoisotopic (exact) mass is 419 g/mol. The Balaban J connectivity index is 1.60. The number of ether oxygens (including phenoxy) is 3. The minimum absolute atomic E-state index is 0.294. The first kappa shape index (κ1) is 21.9. The van der Waals surface area contributed by atoms with Crippen molar-refractivity contribution in [3.63, 3.8) is 0 Å². The summed E-state index contributed by atoms with van der Waals surface area (Å²) in [6, 6.07) is 19.2. The number of hydrogen-bond donors (Lipinski definition) is 1. The Morgan fingerprint density at radius 2 is 1.55 bits per heavy atom. The number of carbonyl (C=O) groups is 2. The highest BCUT2D eigenvalue weighted by molar-refractivity contribution is 6.06. The van der Waals surface area contributed by atoms with Crippen LogP contribution in [0.5, 0.6) is 17.2 Å². The van der Waals surface area contributed by atoms with Crippen LogP contribution in [0.25, 0.3) is 0 Å². The Labute approximate surface area is 181 Å². The molecule has 0 saturated heterocycles. The number of aryl methyl sites for hydroxylation is 1. The summed E-state index contributed by atoms with van der Waals surface area (Å²) in [5.41, 5.74) is 3.06. The van der Waals surface area contributed by atoms with Gasteiger partial charge in [0.2, 0.25) is 0 Å². The van der Waals surface area contributed by atoms with E-state index in [1.54, 1.807) is 55.5 Å². The van der Waals surface area contributed by atoms with Gasteiger partial charge in [0.15, 0.2) is 6.10 Å². The highest BCUT2D eigenvalue weighted by atomic mass is 16.6. The van der Waals surface area contributed by atoms with E-state index in [1.165, 1.54) is 7.11 Å². The summed E-state index contributed by atoms with van der Waals surface area (Å²) in [6.07, 6.45) is -0.773. The zero-order valence-corrected chi connectivity index (χ0v) is 18.0. The molecule has 3 aromatic rings. The zero-order valence-electron chi connectivity index (χ0n) is 18.0. The van der Waals surface area contributed by atoms with Gasteiger partial charge in [-0.1, -0.05) is 24.3 Å². The molecule has 1 N–H and O–H groups in total. The molecule has 1 amide bonds. The summed E-state index contributed by atoms with van der Waals surface area (Å²) in [5, 5.41) is 2.80. The summed E-state index contributed by atoms with van der Waals surface area (Å²) < 4.78 is 16.4. The zero-order chi connectivity index (χ0) is 22.4. The van der Waals surface area contributed by atoms with E-state index >= 15 is 0 Å². The average molecular weight is 419 g/mol. The highest BCUT2D eigenvalue weighted by Gasteiger charge is 2.19. The van der Waals surface area contributed by atoms with Gasteiger partial charge in [-0.15, -0.1) is 0 Å². The molecule has 3 aromatic carbocycles. The number of nitrogens with one attached hydrogen (secondary N) is 1. The number of hydrogen-bond acceptors (Lipinski definition) is 5. The molecule has 0 aromatic heterocycles. The van der Waals surface area contributed by atoms with E-state index in [9.17, 15) is 9.59 Å². The number of amides is 1. The van der Waals surface area contributed by atoms with Crippen LogP contribution in [0, 0.1) is 13.8 Å². The molecule has 0 radical (unpaired) electrons. The van der Waals surface area contributed by atoms with Gasteiger partial charge < -0.3 is 19.5 Å². The van der Waals surface area contributed by atoms with Crippen molar-refractivity contribution in [2.75, 3.05) is 12.4 Å². The van der Waals surface area contributed by atoms with Gasteiger partial charge in [-0.05, 0) is 74.4 Å². The molecule has 0 aliphatic carbocycles. The smallest absolute Gasteiger partial charge is 0.352 e. The first-order valence-corrected chi connectivity index (χ1v) is 9.88. The molecule has 0 aliphatic rings. The van der Waals surface area contributed by atoms with Crippen molar-refractivity contribution >= 4 is 17.6 Å². The summed E-state index contributed by atoms with van der Waals surface area (Å²) in [7, 11) is 1.51. The van der Waals surface area contributed by atoms with E-state index in [4.69, 9.17) is 14.2 Å². The van der Waals surface area contributed by atoms with Crippen LogP contribution in [0.1, 0.15) is 28.4 Å². The first-order valence-electron chi connectivity index (χ1n) is 9.88. The SMILES string of the molecule is COc1ccccc1C(=O)Nc1ccc(OC(=O)C(C)Oc2cccc(C)c2C)cc1. The topological polar surface area (TPSA) is 73.9 Å². The van der Waals surface area contributed by atoms with Gasteiger partial charge in [0.05, 0.1) is 12.7 Å². The minimum Gasteiger partial charge on any atom is -0.496 e. The maximum Gasteiger partial charge on any atom is 0.352 e. The maximum absolute atomic E-state index is 12.5. The van der Waals surface area contributed by atoms with Crippen LogP contribution in [0.4, 0.5) is 5.69 Å². The van der Waals surface area contributed by atoms with Gasteiger partial charge in [0.25, 0.3) is 5.91 Å². The Hall–Kier alpha value is -3.80. The van der Waals surface area contributed by atoms with Crippen LogP contribution in [0.3, 0.4) is 0 Å². The van der Waals surface area contributed by atoms with E-state index in [-0.39, 0.29) is 5.91 Å².